The second-order valence-corrected chi connectivity index (χ2v) is 6.11. The molecular formula is C16H17N3O4. The summed E-state index contributed by atoms with van der Waals surface area (Å²) in [5.74, 6) is -1.09. The van der Waals surface area contributed by atoms with Gasteiger partial charge >= 0.3 is 5.97 Å². The number of carboxylic acids is 1. The highest BCUT2D eigenvalue weighted by Crippen LogP contribution is 2.30. The Labute approximate surface area is 132 Å². The van der Waals surface area contributed by atoms with E-state index in [1.54, 1.807) is 36.1 Å². The fraction of sp³-hybridized carbons (Fsp3) is 0.375. The Morgan fingerprint density at radius 3 is 2.78 bits per heavy atom. The van der Waals surface area contributed by atoms with E-state index in [9.17, 15) is 19.5 Å². The maximum Gasteiger partial charge on any atom is 0.311 e. The van der Waals surface area contributed by atoms with Crippen molar-refractivity contribution in [1.29, 1.82) is 0 Å². The summed E-state index contributed by atoms with van der Waals surface area (Å²) in [4.78, 5) is 37.1. The molecule has 1 N–H and O–H groups in total. The standard InChI is InChI=1S/C16H17N3O4/c1-16(15(22)23)6-7-18(10-16)14(21)9-19-12-5-3-2-4-11(12)13(20)8-17-19/h2-5,8H,6-7,9-10H2,1H3,(H,22,23)/t16-/m1/s1. The van der Waals surface area contributed by atoms with Crippen molar-refractivity contribution >= 4 is 22.8 Å². The highest BCUT2D eigenvalue weighted by atomic mass is 16.4. The third-order valence-corrected chi connectivity index (χ3v) is 4.39. The van der Waals surface area contributed by atoms with Crippen LogP contribution in [0.3, 0.4) is 0 Å². The smallest absolute Gasteiger partial charge is 0.311 e. The van der Waals surface area contributed by atoms with Gasteiger partial charge < -0.3 is 10.0 Å². The van der Waals surface area contributed by atoms with E-state index >= 15 is 0 Å². The van der Waals surface area contributed by atoms with Gasteiger partial charge in [-0.25, -0.2) is 0 Å². The molecule has 1 atom stereocenters. The Kier molecular flexibility index (Phi) is 3.63. The lowest BCUT2D eigenvalue weighted by Crippen LogP contribution is -2.37. The third kappa shape index (κ3) is 2.69. The number of benzene rings is 1. The van der Waals surface area contributed by atoms with E-state index in [1.807, 2.05) is 0 Å². The number of amides is 1. The zero-order valence-electron chi connectivity index (χ0n) is 12.7. The van der Waals surface area contributed by atoms with E-state index < -0.39 is 11.4 Å². The average molecular weight is 315 g/mol. The van der Waals surface area contributed by atoms with E-state index in [1.165, 1.54) is 10.9 Å². The van der Waals surface area contributed by atoms with Crippen molar-refractivity contribution in [2.24, 2.45) is 5.41 Å². The normalized spacial score (nSPS) is 20.8. The highest BCUT2D eigenvalue weighted by Gasteiger charge is 2.42. The summed E-state index contributed by atoms with van der Waals surface area (Å²) in [5, 5.41) is 13.8. The fourth-order valence-electron chi connectivity index (χ4n) is 2.86. The summed E-state index contributed by atoms with van der Waals surface area (Å²) in [6.45, 7) is 2.24. The van der Waals surface area contributed by atoms with Crippen LogP contribution >= 0.6 is 0 Å². The predicted molar refractivity (Wildman–Crippen MR) is 82.9 cm³/mol. The molecule has 1 aromatic carbocycles. The van der Waals surface area contributed by atoms with E-state index in [0.29, 0.717) is 23.9 Å². The monoisotopic (exact) mass is 315 g/mol. The number of para-hydroxylation sites is 1. The SMILES string of the molecule is C[C@@]1(C(=O)O)CCN(C(=O)Cn2ncc(=O)c3ccccc32)C1. The van der Waals surface area contributed by atoms with E-state index in [-0.39, 0.29) is 24.4 Å². The van der Waals surface area contributed by atoms with Crippen LogP contribution in [0.25, 0.3) is 10.9 Å². The Morgan fingerprint density at radius 2 is 2.09 bits per heavy atom. The number of rotatable bonds is 3. The summed E-state index contributed by atoms with van der Waals surface area (Å²) in [6.07, 6.45) is 1.63. The number of carboxylic acid groups (broad SMARTS) is 1. The molecule has 0 spiro atoms. The van der Waals surface area contributed by atoms with Crippen LogP contribution in [0.1, 0.15) is 13.3 Å². The van der Waals surface area contributed by atoms with Crippen molar-refractivity contribution in [3.63, 3.8) is 0 Å². The van der Waals surface area contributed by atoms with Gasteiger partial charge in [0.1, 0.15) is 6.54 Å². The molecule has 120 valence electrons. The molecule has 0 saturated carbocycles. The molecular weight excluding hydrogens is 298 g/mol. The molecule has 7 heteroatoms. The number of hydrogen-bond donors (Lipinski definition) is 1. The van der Waals surface area contributed by atoms with Crippen molar-refractivity contribution in [2.75, 3.05) is 13.1 Å². The summed E-state index contributed by atoms with van der Waals surface area (Å²) in [5.41, 5.74) is -0.494. The van der Waals surface area contributed by atoms with Gasteiger partial charge in [-0.05, 0) is 25.5 Å². The van der Waals surface area contributed by atoms with Crippen molar-refractivity contribution < 1.29 is 14.7 Å². The molecule has 1 saturated heterocycles. The van der Waals surface area contributed by atoms with Crippen molar-refractivity contribution in [1.82, 2.24) is 14.7 Å². The molecule has 1 aliphatic heterocycles. The maximum absolute atomic E-state index is 12.4. The molecule has 2 aromatic rings. The number of carbonyl (C=O) groups is 2. The molecule has 3 rings (SSSR count). The minimum absolute atomic E-state index is 0.0174. The van der Waals surface area contributed by atoms with Crippen LogP contribution in [0.15, 0.2) is 35.3 Å². The minimum Gasteiger partial charge on any atom is -0.481 e. The number of aromatic nitrogens is 2. The Hall–Kier alpha value is -2.70. The summed E-state index contributed by atoms with van der Waals surface area (Å²) >= 11 is 0. The molecule has 0 aliphatic carbocycles. The highest BCUT2D eigenvalue weighted by molar-refractivity contribution is 5.83. The number of fused-ring (bicyclic) bond motifs is 1. The molecule has 1 fully saturated rings. The molecule has 7 nitrogen and oxygen atoms in total. The predicted octanol–water partition coefficient (Wildman–Crippen LogP) is 0.720. The van der Waals surface area contributed by atoms with Gasteiger partial charge in [-0.2, -0.15) is 5.10 Å². The minimum atomic E-state index is -0.894. The first kappa shape index (κ1) is 15.2. The van der Waals surface area contributed by atoms with Gasteiger partial charge in [-0.1, -0.05) is 12.1 Å². The topological polar surface area (TPSA) is 92.5 Å². The molecule has 0 unspecified atom stereocenters. The zero-order chi connectivity index (χ0) is 16.6. The second kappa shape index (κ2) is 5.49. The summed E-state index contributed by atoms with van der Waals surface area (Å²) < 4.78 is 1.48. The van der Waals surface area contributed by atoms with Crippen molar-refractivity contribution in [2.45, 2.75) is 19.9 Å². The number of aliphatic carboxylic acids is 1. The maximum atomic E-state index is 12.4. The van der Waals surface area contributed by atoms with E-state index in [0.717, 1.165) is 0 Å². The van der Waals surface area contributed by atoms with Gasteiger partial charge in [0.25, 0.3) is 0 Å². The number of carbonyl (C=O) groups excluding carboxylic acids is 1. The molecule has 23 heavy (non-hydrogen) atoms. The van der Waals surface area contributed by atoms with E-state index in [2.05, 4.69) is 5.10 Å². The Bertz CT molecular complexity index is 845. The van der Waals surface area contributed by atoms with Gasteiger partial charge in [0.2, 0.25) is 11.3 Å². The molecule has 1 amide bonds. The quantitative estimate of drug-likeness (QED) is 0.901. The van der Waals surface area contributed by atoms with Gasteiger partial charge in [-0.15, -0.1) is 0 Å². The van der Waals surface area contributed by atoms with Crippen LogP contribution in [0.2, 0.25) is 0 Å². The first-order valence-electron chi connectivity index (χ1n) is 7.37. The summed E-state index contributed by atoms with van der Waals surface area (Å²) in [6, 6.07) is 6.97. The molecule has 1 aliphatic rings. The zero-order valence-corrected chi connectivity index (χ0v) is 12.7. The summed E-state index contributed by atoms with van der Waals surface area (Å²) in [7, 11) is 0. The third-order valence-electron chi connectivity index (χ3n) is 4.39. The molecule has 2 heterocycles. The van der Waals surface area contributed by atoms with Crippen LogP contribution in [-0.4, -0.2) is 44.8 Å². The van der Waals surface area contributed by atoms with Gasteiger partial charge in [0.15, 0.2) is 0 Å². The van der Waals surface area contributed by atoms with E-state index in [4.69, 9.17) is 0 Å². The lowest BCUT2D eigenvalue weighted by molar-refractivity contribution is -0.147. The van der Waals surface area contributed by atoms with Gasteiger partial charge in [-0.3, -0.25) is 19.1 Å². The largest absolute Gasteiger partial charge is 0.481 e. The Balaban J connectivity index is 1.84. The first-order valence-corrected chi connectivity index (χ1v) is 7.37. The fourth-order valence-corrected chi connectivity index (χ4v) is 2.86. The van der Waals surface area contributed by atoms with Crippen LogP contribution in [-0.2, 0) is 16.1 Å². The second-order valence-electron chi connectivity index (χ2n) is 6.11. The molecule has 0 radical (unpaired) electrons. The van der Waals surface area contributed by atoms with Gasteiger partial charge in [0.05, 0.1) is 17.1 Å². The molecule has 0 bridgehead atoms. The number of hydrogen-bond acceptors (Lipinski definition) is 4. The van der Waals surface area contributed by atoms with Crippen LogP contribution in [0.4, 0.5) is 0 Å². The van der Waals surface area contributed by atoms with Crippen molar-refractivity contribution in [3.8, 4) is 0 Å². The Morgan fingerprint density at radius 1 is 1.35 bits per heavy atom. The lowest BCUT2D eigenvalue weighted by atomic mass is 9.90. The number of likely N-dealkylation sites (tertiary alicyclic amines) is 1. The molecule has 1 aromatic heterocycles. The average Bonchev–Trinajstić information content (AvgIpc) is 2.94. The van der Waals surface area contributed by atoms with Crippen LogP contribution in [0.5, 0.6) is 0 Å². The van der Waals surface area contributed by atoms with Crippen molar-refractivity contribution in [3.05, 3.63) is 40.7 Å². The lowest BCUT2D eigenvalue weighted by Gasteiger charge is -2.20. The van der Waals surface area contributed by atoms with Crippen LogP contribution in [0, 0.1) is 5.41 Å². The van der Waals surface area contributed by atoms with Gasteiger partial charge in [0, 0.05) is 18.5 Å². The first-order chi connectivity index (χ1) is 10.9. The van der Waals surface area contributed by atoms with Crippen LogP contribution < -0.4 is 5.43 Å². The number of nitrogens with zero attached hydrogens (tertiary/aromatic N) is 3.